The quantitative estimate of drug-likeness (QED) is 0.600. The highest BCUT2D eigenvalue weighted by molar-refractivity contribution is 6.30. The number of methoxy groups -OCH3 is 1. The summed E-state index contributed by atoms with van der Waals surface area (Å²) in [7, 11) is 1.55. The average molecular weight is 272 g/mol. The standard InChI is InChI=1S/C12H14ClNO4/c1-17-5-4-14-12(16)8-18-11-3-2-10(13)6-9(11)7-15/h2-3,6-7H,4-5,8H2,1H3,(H,14,16). The van der Waals surface area contributed by atoms with Gasteiger partial charge in [0.05, 0.1) is 12.2 Å². The first-order valence-corrected chi connectivity index (χ1v) is 5.68. The number of ether oxygens (including phenoxy) is 2. The Morgan fingerprint density at radius 1 is 1.50 bits per heavy atom. The number of rotatable bonds is 7. The molecule has 6 heteroatoms. The van der Waals surface area contributed by atoms with Crippen LogP contribution in [0.25, 0.3) is 0 Å². The van der Waals surface area contributed by atoms with Crippen LogP contribution in [0.1, 0.15) is 10.4 Å². The third kappa shape index (κ3) is 4.73. The van der Waals surface area contributed by atoms with Gasteiger partial charge in [-0.15, -0.1) is 0 Å². The second-order valence-electron chi connectivity index (χ2n) is 3.43. The summed E-state index contributed by atoms with van der Waals surface area (Å²) >= 11 is 5.74. The van der Waals surface area contributed by atoms with Gasteiger partial charge >= 0.3 is 0 Å². The number of nitrogens with one attached hydrogen (secondary N) is 1. The van der Waals surface area contributed by atoms with Gasteiger partial charge in [0.25, 0.3) is 5.91 Å². The minimum atomic E-state index is -0.279. The number of amides is 1. The van der Waals surface area contributed by atoms with E-state index in [1.165, 1.54) is 6.07 Å². The van der Waals surface area contributed by atoms with Crippen molar-refractivity contribution < 1.29 is 19.1 Å². The first kappa shape index (κ1) is 14.5. The second-order valence-corrected chi connectivity index (χ2v) is 3.87. The summed E-state index contributed by atoms with van der Waals surface area (Å²) in [6.07, 6.45) is 0.629. The molecule has 0 aromatic heterocycles. The molecule has 0 spiro atoms. The number of carbonyl (C=O) groups is 2. The van der Waals surface area contributed by atoms with Gasteiger partial charge in [0.1, 0.15) is 5.75 Å². The molecule has 0 bridgehead atoms. The predicted molar refractivity (Wildman–Crippen MR) is 67.2 cm³/mol. The van der Waals surface area contributed by atoms with Gasteiger partial charge in [-0.2, -0.15) is 0 Å². The molecule has 18 heavy (non-hydrogen) atoms. The molecule has 0 aliphatic heterocycles. The third-order valence-electron chi connectivity index (χ3n) is 2.09. The first-order valence-electron chi connectivity index (χ1n) is 5.30. The first-order chi connectivity index (χ1) is 8.67. The number of halogens is 1. The summed E-state index contributed by atoms with van der Waals surface area (Å²) in [5, 5.41) is 3.04. The van der Waals surface area contributed by atoms with Crippen molar-refractivity contribution in [2.75, 3.05) is 26.9 Å². The van der Waals surface area contributed by atoms with E-state index in [1.807, 2.05) is 0 Å². The highest BCUT2D eigenvalue weighted by atomic mass is 35.5. The third-order valence-corrected chi connectivity index (χ3v) is 2.32. The van der Waals surface area contributed by atoms with E-state index in [4.69, 9.17) is 21.1 Å². The van der Waals surface area contributed by atoms with Gasteiger partial charge in [-0.1, -0.05) is 11.6 Å². The topological polar surface area (TPSA) is 64.6 Å². The van der Waals surface area contributed by atoms with Crippen molar-refractivity contribution in [1.29, 1.82) is 0 Å². The lowest BCUT2D eigenvalue weighted by Crippen LogP contribution is -2.31. The Morgan fingerprint density at radius 2 is 2.28 bits per heavy atom. The van der Waals surface area contributed by atoms with Crippen molar-refractivity contribution in [3.63, 3.8) is 0 Å². The van der Waals surface area contributed by atoms with Crippen LogP contribution in [0, 0.1) is 0 Å². The molecule has 98 valence electrons. The molecule has 0 saturated heterocycles. The molecule has 0 unspecified atom stereocenters. The smallest absolute Gasteiger partial charge is 0.258 e. The van der Waals surface area contributed by atoms with E-state index in [2.05, 4.69) is 5.32 Å². The van der Waals surface area contributed by atoms with E-state index in [9.17, 15) is 9.59 Å². The molecule has 0 radical (unpaired) electrons. The minimum absolute atomic E-state index is 0.161. The van der Waals surface area contributed by atoms with Gasteiger partial charge in [0.2, 0.25) is 0 Å². The van der Waals surface area contributed by atoms with Crippen LogP contribution < -0.4 is 10.1 Å². The lowest BCUT2D eigenvalue weighted by Gasteiger charge is -2.09. The Balaban J connectivity index is 2.48. The molecular formula is C12H14ClNO4. The molecule has 0 saturated carbocycles. The Kier molecular flexibility index (Phi) is 6.18. The van der Waals surface area contributed by atoms with E-state index >= 15 is 0 Å². The van der Waals surface area contributed by atoms with Gasteiger partial charge in [-0.05, 0) is 18.2 Å². The zero-order chi connectivity index (χ0) is 13.4. The van der Waals surface area contributed by atoms with Gasteiger partial charge in [-0.3, -0.25) is 9.59 Å². The largest absolute Gasteiger partial charge is 0.483 e. The highest BCUT2D eigenvalue weighted by Gasteiger charge is 2.06. The summed E-state index contributed by atoms with van der Waals surface area (Å²) in [4.78, 5) is 22.1. The lowest BCUT2D eigenvalue weighted by molar-refractivity contribution is -0.123. The molecule has 1 aromatic carbocycles. The molecule has 5 nitrogen and oxygen atoms in total. The second kappa shape index (κ2) is 7.68. The number of hydrogen-bond donors (Lipinski definition) is 1. The fourth-order valence-electron chi connectivity index (χ4n) is 1.23. The SMILES string of the molecule is COCCNC(=O)COc1ccc(Cl)cc1C=O. The molecule has 0 fully saturated rings. The van der Waals surface area contributed by atoms with Crippen molar-refractivity contribution in [2.24, 2.45) is 0 Å². The van der Waals surface area contributed by atoms with Crippen LogP contribution in [0.4, 0.5) is 0 Å². The number of hydrogen-bond acceptors (Lipinski definition) is 4. The van der Waals surface area contributed by atoms with E-state index in [-0.39, 0.29) is 12.5 Å². The van der Waals surface area contributed by atoms with Crippen LogP contribution in [0.5, 0.6) is 5.75 Å². The van der Waals surface area contributed by atoms with Crippen LogP contribution in [0.15, 0.2) is 18.2 Å². The summed E-state index contributed by atoms with van der Waals surface area (Å²) in [5.41, 5.74) is 0.312. The monoisotopic (exact) mass is 271 g/mol. The maximum atomic E-state index is 11.4. The van der Waals surface area contributed by atoms with Crippen LogP contribution in [-0.4, -0.2) is 39.1 Å². The maximum Gasteiger partial charge on any atom is 0.258 e. The molecular weight excluding hydrogens is 258 g/mol. The molecule has 1 aromatic rings. The number of aldehydes is 1. The predicted octanol–water partition coefficient (Wildman–Crippen LogP) is 1.29. The van der Waals surface area contributed by atoms with Gasteiger partial charge in [0.15, 0.2) is 12.9 Å². The number of benzene rings is 1. The number of carbonyl (C=O) groups excluding carboxylic acids is 2. The molecule has 1 rings (SSSR count). The summed E-state index contributed by atoms with van der Waals surface area (Å²) in [6, 6.07) is 4.62. The van der Waals surface area contributed by atoms with Crippen molar-refractivity contribution in [1.82, 2.24) is 5.32 Å². The van der Waals surface area contributed by atoms with Crippen LogP contribution in [-0.2, 0) is 9.53 Å². The normalized spacial score (nSPS) is 9.89. The van der Waals surface area contributed by atoms with Crippen molar-refractivity contribution in [3.05, 3.63) is 28.8 Å². The zero-order valence-corrected chi connectivity index (χ0v) is 10.7. The van der Waals surface area contributed by atoms with Gasteiger partial charge < -0.3 is 14.8 Å². The van der Waals surface area contributed by atoms with Crippen LogP contribution >= 0.6 is 11.6 Å². The molecule has 1 amide bonds. The Labute approximate surface area is 110 Å². The lowest BCUT2D eigenvalue weighted by atomic mass is 10.2. The van der Waals surface area contributed by atoms with Crippen LogP contribution in [0.2, 0.25) is 5.02 Å². The average Bonchev–Trinajstić information content (AvgIpc) is 2.37. The minimum Gasteiger partial charge on any atom is -0.483 e. The Bertz CT molecular complexity index is 423. The summed E-state index contributed by atoms with van der Waals surface area (Å²) < 4.78 is 10.0. The van der Waals surface area contributed by atoms with E-state index in [1.54, 1.807) is 19.2 Å². The molecule has 0 aliphatic rings. The summed E-state index contributed by atoms with van der Waals surface area (Å²) in [6.45, 7) is 0.693. The fourth-order valence-corrected chi connectivity index (χ4v) is 1.41. The molecule has 1 N–H and O–H groups in total. The molecule has 0 atom stereocenters. The van der Waals surface area contributed by atoms with Gasteiger partial charge in [0, 0.05) is 18.7 Å². The van der Waals surface area contributed by atoms with Crippen LogP contribution in [0.3, 0.4) is 0 Å². The molecule has 0 heterocycles. The van der Waals surface area contributed by atoms with Crippen molar-refractivity contribution >= 4 is 23.8 Å². The Hall–Kier alpha value is -1.59. The Morgan fingerprint density at radius 3 is 2.94 bits per heavy atom. The van der Waals surface area contributed by atoms with Crippen molar-refractivity contribution in [3.8, 4) is 5.75 Å². The van der Waals surface area contributed by atoms with E-state index in [0.29, 0.717) is 35.8 Å². The maximum absolute atomic E-state index is 11.4. The zero-order valence-electron chi connectivity index (χ0n) is 9.94. The van der Waals surface area contributed by atoms with Crippen molar-refractivity contribution in [2.45, 2.75) is 0 Å². The van der Waals surface area contributed by atoms with E-state index < -0.39 is 0 Å². The fraction of sp³-hybridized carbons (Fsp3) is 0.333. The van der Waals surface area contributed by atoms with E-state index in [0.717, 1.165) is 0 Å². The summed E-state index contributed by atoms with van der Waals surface area (Å²) in [5.74, 6) is 0.0511. The molecule has 0 aliphatic carbocycles. The highest BCUT2D eigenvalue weighted by Crippen LogP contribution is 2.21. The van der Waals surface area contributed by atoms with Gasteiger partial charge in [-0.25, -0.2) is 0 Å².